The van der Waals surface area contributed by atoms with Gasteiger partial charge in [-0.2, -0.15) is 0 Å². The van der Waals surface area contributed by atoms with Crippen molar-refractivity contribution in [1.29, 1.82) is 0 Å². The minimum Gasteiger partial charge on any atom is -0.507 e. The van der Waals surface area contributed by atoms with Crippen molar-refractivity contribution < 1.29 is 14.6 Å². The van der Waals surface area contributed by atoms with E-state index in [1.165, 1.54) is 45.5 Å². The van der Waals surface area contributed by atoms with E-state index in [0.717, 1.165) is 13.0 Å². The first-order chi connectivity index (χ1) is 10.2. The zero-order chi connectivity index (χ0) is 15.1. The first-order valence-electron chi connectivity index (χ1n) is 7.58. The predicted octanol–water partition coefficient (Wildman–Crippen LogP) is 2.01. The molecule has 0 atom stereocenters. The van der Waals surface area contributed by atoms with Gasteiger partial charge in [-0.15, -0.1) is 0 Å². The molecule has 2 rings (SSSR count). The van der Waals surface area contributed by atoms with E-state index in [2.05, 4.69) is 10.2 Å². The quantitative estimate of drug-likeness (QED) is 0.787. The lowest BCUT2D eigenvalue weighted by Crippen LogP contribution is -2.33. The van der Waals surface area contributed by atoms with Crippen LogP contribution in [0.25, 0.3) is 0 Å². The van der Waals surface area contributed by atoms with Gasteiger partial charge in [0.1, 0.15) is 11.5 Å². The van der Waals surface area contributed by atoms with Crippen LogP contribution in [0.15, 0.2) is 18.2 Å². The van der Waals surface area contributed by atoms with Gasteiger partial charge in [-0.1, -0.05) is 6.42 Å². The first-order valence-corrected chi connectivity index (χ1v) is 7.58. The summed E-state index contributed by atoms with van der Waals surface area (Å²) in [6, 6.07) is 4.69. The summed E-state index contributed by atoms with van der Waals surface area (Å²) in [7, 11) is 1.52. The molecule has 2 N–H and O–H groups in total. The van der Waals surface area contributed by atoms with Gasteiger partial charge in [-0.3, -0.25) is 4.79 Å². The third kappa shape index (κ3) is 4.63. The van der Waals surface area contributed by atoms with E-state index in [0.29, 0.717) is 12.3 Å². The fourth-order valence-electron chi connectivity index (χ4n) is 2.61. The molecule has 0 aliphatic carbocycles. The average molecular weight is 292 g/mol. The van der Waals surface area contributed by atoms with Crippen molar-refractivity contribution in [1.82, 2.24) is 10.2 Å². The van der Waals surface area contributed by atoms with Crippen LogP contribution in [0.4, 0.5) is 0 Å². The molecule has 5 nitrogen and oxygen atoms in total. The van der Waals surface area contributed by atoms with Crippen molar-refractivity contribution >= 4 is 5.91 Å². The second-order valence-corrected chi connectivity index (χ2v) is 5.39. The molecule has 0 radical (unpaired) electrons. The number of carbonyl (C=O) groups is 1. The number of amides is 1. The van der Waals surface area contributed by atoms with Crippen LogP contribution in [0, 0.1) is 0 Å². The molecule has 1 aromatic rings. The number of phenolic OH excluding ortho intramolecular Hbond substituents is 1. The largest absolute Gasteiger partial charge is 0.507 e. The lowest BCUT2D eigenvalue weighted by Gasteiger charge is -2.26. The van der Waals surface area contributed by atoms with Gasteiger partial charge in [-0.25, -0.2) is 0 Å². The van der Waals surface area contributed by atoms with Crippen LogP contribution in [0.3, 0.4) is 0 Å². The molecule has 5 heteroatoms. The lowest BCUT2D eigenvalue weighted by molar-refractivity contribution is 0.0948. The summed E-state index contributed by atoms with van der Waals surface area (Å²) < 4.78 is 5.00. The Kier molecular flexibility index (Phi) is 5.87. The Labute approximate surface area is 125 Å². The smallest absolute Gasteiger partial charge is 0.255 e. The summed E-state index contributed by atoms with van der Waals surface area (Å²) in [5.41, 5.74) is 0.286. The van der Waals surface area contributed by atoms with Crippen molar-refractivity contribution in [3.63, 3.8) is 0 Å². The second-order valence-electron chi connectivity index (χ2n) is 5.39. The summed E-state index contributed by atoms with van der Waals surface area (Å²) in [5.74, 6) is 0.242. The van der Waals surface area contributed by atoms with Gasteiger partial charge in [-0.05, 0) is 51.0 Å². The van der Waals surface area contributed by atoms with Crippen molar-refractivity contribution in [2.24, 2.45) is 0 Å². The zero-order valence-corrected chi connectivity index (χ0v) is 12.6. The van der Waals surface area contributed by atoms with Crippen molar-refractivity contribution in [2.45, 2.75) is 25.7 Å². The highest BCUT2D eigenvalue weighted by Crippen LogP contribution is 2.23. The van der Waals surface area contributed by atoms with Gasteiger partial charge in [0.25, 0.3) is 5.91 Å². The number of nitrogens with one attached hydrogen (secondary N) is 1. The molecule has 0 saturated carbocycles. The highest BCUT2D eigenvalue weighted by atomic mass is 16.5. The number of hydrogen-bond donors (Lipinski definition) is 2. The summed E-state index contributed by atoms with van der Waals surface area (Å²) >= 11 is 0. The van der Waals surface area contributed by atoms with E-state index >= 15 is 0 Å². The molecular formula is C16H24N2O3. The third-order valence-corrected chi connectivity index (χ3v) is 3.83. The number of ether oxygens (including phenoxy) is 1. The molecule has 1 aliphatic heterocycles. The summed E-state index contributed by atoms with van der Waals surface area (Å²) in [4.78, 5) is 14.4. The molecule has 1 heterocycles. The van der Waals surface area contributed by atoms with Gasteiger partial charge in [0.15, 0.2) is 0 Å². The van der Waals surface area contributed by atoms with Crippen molar-refractivity contribution in [3.8, 4) is 11.5 Å². The molecule has 1 fully saturated rings. The number of benzene rings is 1. The van der Waals surface area contributed by atoms with Crippen LogP contribution in [0.5, 0.6) is 11.5 Å². The molecule has 1 saturated heterocycles. The topological polar surface area (TPSA) is 61.8 Å². The summed E-state index contributed by atoms with van der Waals surface area (Å²) in [6.07, 6.45) is 4.84. The number of methoxy groups -OCH3 is 1. The molecule has 0 aromatic heterocycles. The summed E-state index contributed by atoms with van der Waals surface area (Å²) in [6.45, 7) is 4.00. The highest BCUT2D eigenvalue weighted by molar-refractivity contribution is 5.96. The standard InChI is InChI=1S/C16H24N2O3/c1-21-13-6-7-14(15(19)12-13)16(20)17-8-5-11-18-9-3-2-4-10-18/h6-7,12,19H,2-5,8-11H2,1H3,(H,17,20). The van der Waals surface area contributed by atoms with Crippen molar-refractivity contribution in [3.05, 3.63) is 23.8 Å². The van der Waals surface area contributed by atoms with Gasteiger partial charge in [0.05, 0.1) is 12.7 Å². The maximum absolute atomic E-state index is 12.0. The average Bonchev–Trinajstić information content (AvgIpc) is 2.52. The molecule has 0 bridgehead atoms. The molecular weight excluding hydrogens is 268 g/mol. The fraction of sp³-hybridized carbons (Fsp3) is 0.562. The Morgan fingerprint density at radius 1 is 1.33 bits per heavy atom. The maximum atomic E-state index is 12.0. The van der Waals surface area contributed by atoms with E-state index in [1.54, 1.807) is 12.1 Å². The monoisotopic (exact) mass is 292 g/mol. The molecule has 0 unspecified atom stereocenters. The molecule has 21 heavy (non-hydrogen) atoms. The van der Waals surface area contributed by atoms with Gasteiger partial charge in [0, 0.05) is 12.6 Å². The van der Waals surface area contributed by atoms with Crippen LogP contribution >= 0.6 is 0 Å². The molecule has 116 valence electrons. The van der Waals surface area contributed by atoms with E-state index in [-0.39, 0.29) is 17.2 Å². The van der Waals surface area contributed by atoms with Crippen LogP contribution in [-0.2, 0) is 0 Å². The Balaban J connectivity index is 1.74. The molecule has 1 amide bonds. The lowest BCUT2D eigenvalue weighted by atomic mass is 10.1. The molecule has 1 aromatic carbocycles. The number of aromatic hydroxyl groups is 1. The van der Waals surface area contributed by atoms with Crippen molar-refractivity contribution in [2.75, 3.05) is 33.3 Å². The highest BCUT2D eigenvalue weighted by Gasteiger charge is 2.12. The van der Waals surface area contributed by atoms with E-state index in [4.69, 9.17) is 4.74 Å². The normalized spacial score (nSPS) is 15.7. The third-order valence-electron chi connectivity index (χ3n) is 3.83. The maximum Gasteiger partial charge on any atom is 0.255 e. The molecule has 0 spiro atoms. The number of carbonyl (C=O) groups excluding carboxylic acids is 1. The number of rotatable bonds is 6. The van der Waals surface area contributed by atoms with Crippen LogP contribution < -0.4 is 10.1 Å². The van der Waals surface area contributed by atoms with Crippen LogP contribution in [0.2, 0.25) is 0 Å². The number of nitrogens with zero attached hydrogens (tertiary/aromatic N) is 1. The van der Waals surface area contributed by atoms with E-state index in [1.807, 2.05) is 0 Å². The van der Waals surface area contributed by atoms with Gasteiger partial charge >= 0.3 is 0 Å². The first kappa shape index (κ1) is 15.6. The number of phenols is 1. The SMILES string of the molecule is COc1ccc(C(=O)NCCCN2CCCCC2)c(O)c1. The van der Waals surface area contributed by atoms with Gasteiger partial charge < -0.3 is 20.1 Å². The van der Waals surface area contributed by atoms with Gasteiger partial charge in [0.2, 0.25) is 0 Å². The Bertz CT molecular complexity index is 471. The van der Waals surface area contributed by atoms with E-state index in [9.17, 15) is 9.90 Å². The summed E-state index contributed by atoms with van der Waals surface area (Å²) in [5, 5.41) is 12.7. The Morgan fingerprint density at radius 3 is 2.76 bits per heavy atom. The minimum absolute atomic E-state index is 0.0529. The molecule has 1 aliphatic rings. The van der Waals surface area contributed by atoms with E-state index < -0.39 is 0 Å². The predicted molar refractivity (Wildman–Crippen MR) is 81.9 cm³/mol. The van der Waals surface area contributed by atoms with Crippen LogP contribution in [-0.4, -0.2) is 49.2 Å². The fourth-order valence-corrected chi connectivity index (χ4v) is 2.61. The number of hydrogen-bond acceptors (Lipinski definition) is 4. The number of piperidine rings is 1. The number of likely N-dealkylation sites (tertiary alicyclic amines) is 1. The zero-order valence-electron chi connectivity index (χ0n) is 12.6. The minimum atomic E-state index is -0.242. The Hall–Kier alpha value is -1.75. The second kappa shape index (κ2) is 7.88. The van der Waals surface area contributed by atoms with Crippen LogP contribution in [0.1, 0.15) is 36.0 Å². The Morgan fingerprint density at radius 2 is 2.10 bits per heavy atom.